The van der Waals surface area contributed by atoms with Crippen molar-refractivity contribution in [1.82, 2.24) is 10.6 Å². The highest BCUT2D eigenvalue weighted by atomic mass is 35.5. The number of hydrogen-bond donors (Lipinski definition) is 3. The molecule has 0 saturated heterocycles. The fourth-order valence-electron chi connectivity index (χ4n) is 2.45. The van der Waals surface area contributed by atoms with E-state index in [9.17, 15) is 9.59 Å². The third-order valence-electron chi connectivity index (χ3n) is 3.79. The van der Waals surface area contributed by atoms with Gasteiger partial charge in [-0.25, -0.2) is 0 Å². The van der Waals surface area contributed by atoms with E-state index in [0.717, 1.165) is 11.1 Å². The van der Waals surface area contributed by atoms with E-state index in [1.807, 2.05) is 48.5 Å². The van der Waals surface area contributed by atoms with E-state index >= 15 is 0 Å². The lowest BCUT2D eigenvalue weighted by Crippen LogP contribution is -2.29. The van der Waals surface area contributed by atoms with Crippen LogP contribution in [0.15, 0.2) is 54.6 Å². The Morgan fingerprint density at radius 1 is 1.08 bits per heavy atom. The van der Waals surface area contributed by atoms with Gasteiger partial charge < -0.3 is 16.4 Å². The number of carbonyl (C=O) groups is 2. The molecule has 0 heterocycles. The summed E-state index contributed by atoms with van der Waals surface area (Å²) in [6, 6.07) is 16.6. The molecule has 0 aliphatic rings. The van der Waals surface area contributed by atoms with Crippen molar-refractivity contribution in [3.05, 3.63) is 71.3 Å². The molecular formula is C19H24ClN3O2. The molecule has 2 aromatic rings. The molecule has 2 rings (SSSR count). The number of rotatable bonds is 7. The van der Waals surface area contributed by atoms with Crippen LogP contribution in [-0.4, -0.2) is 25.4 Å². The molecule has 4 N–H and O–H groups in total. The van der Waals surface area contributed by atoms with Crippen LogP contribution in [0.3, 0.4) is 0 Å². The Kier molecular flexibility index (Phi) is 8.67. The summed E-state index contributed by atoms with van der Waals surface area (Å²) in [4.78, 5) is 23.6. The van der Waals surface area contributed by atoms with E-state index in [1.165, 1.54) is 0 Å². The molecule has 0 fully saturated rings. The monoisotopic (exact) mass is 361 g/mol. The molecule has 25 heavy (non-hydrogen) atoms. The highest BCUT2D eigenvalue weighted by Gasteiger charge is 2.11. The van der Waals surface area contributed by atoms with Gasteiger partial charge in [0.05, 0.1) is 0 Å². The summed E-state index contributed by atoms with van der Waals surface area (Å²) in [5.74, 6) is -0.191. The second-order valence-corrected chi connectivity index (χ2v) is 5.60. The highest BCUT2D eigenvalue weighted by molar-refractivity contribution is 5.94. The fourth-order valence-corrected chi connectivity index (χ4v) is 2.45. The minimum atomic E-state index is -0.303. The lowest BCUT2D eigenvalue weighted by molar-refractivity contribution is -0.121. The van der Waals surface area contributed by atoms with Crippen LogP contribution in [0.4, 0.5) is 0 Å². The SMILES string of the molecule is CNC(=O)c1cccc(CCNC(=O)CC(N)c2ccccc2)c1.Cl. The van der Waals surface area contributed by atoms with Gasteiger partial charge in [-0.2, -0.15) is 0 Å². The van der Waals surface area contributed by atoms with Crippen LogP contribution < -0.4 is 16.4 Å². The lowest BCUT2D eigenvalue weighted by atomic mass is 10.0. The molecule has 1 atom stereocenters. The third kappa shape index (κ3) is 6.57. The molecule has 0 bridgehead atoms. The van der Waals surface area contributed by atoms with E-state index < -0.39 is 0 Å². The van der Waals surface area contributed by atoms with Crippen molar-refractivity contribution in [2.24, 2.45) is 5.73 Å². The van der Waals surface area contributed by atoms with Crippen LogP contribution in [0.5, 0.6) is 0 Å². The molecule has 2 aromatic carbocycles. The Labute approximate surface area is 154 Å². The average Bonchev–Trinajstić information content (AvgIpc) is 2.62. The quantitative estimate of drug-likeness (QED) is 0.707. The summed E-state index contributed by atoms with van der Waals surface area (Å²) < 4.78 is 0. The minimum absolute atomic E-state index is 0. The van der Waals surface area contributed by atoms with Crippen molar-refractivity contribution in [2.45, 2.75) is 18.9 Å². The molecule has 0 saturated carbocycles. The third-order valence-corrected chi connectivity index (χ3v) is 3.79. The summed E-state index contributed by atoms with van der Waals surface area (Å²) in [6.45, 7) is 0.511. The van der Waals surface area contributed by atoms with Gasteiger partial charge in [0.1, 0.15) is 0 Å². The van der Waals surface area contributed by atoms with Gasteiger partial charge in [-0.15, -0.1) is 12.4 Å². The first kappa shape index (κ1) is 20.7. The van der Waals surface area contributed by atoms with Gasteiger partial charge in [-0.1, -0.05) is 42.5 Å². The number of halogens is 1. The second kappa shape index (κ2) is 10.5. The Bertz CT molecular complexity index is 692. The number of amides is 2. The van der Waals surface area contributed by atoms with Crippen molar-refractivity contribution in [2.75, 3.05) is 13.6 Å². The van der Waals surface area contributed by atoms with Crippen LogP contribution in [0.25, 0.3) is 0 Å². The van der Waals surface area contributed by atoms with E-state index in [4.69, 9.17) is 5.73 Å². The molecule has 0 spiro atoms. The second-order valence-electron chi connectivity index (χ2n) is 5.60. The number of benzene rings is 2. The maximum absolute atomic E-state index is 12.0. The minimum Gasteiger partial charge on any atom is -0.356 e. The van der Waals surface area contributed by atoms with E-state index in [0.29, 0.717) is 18.5 Å². The standard InChI is InChI=1S/C19H23N3O2.ClH/c1-21-19(24)16-9-5-6-14(12-16)10-11-22-18(23)13-17(20)15-7-3-2-4-8-15;/h2-9,12,17H,10-11,13,20H2,1H3,(H,21,24)(H,22,23);1H. The van der Waals surface area contributed by atoms with E-state index in [1.54, 1.807) is 13.1 Å². The molecule has 134 valence electrons. The Balaban J connectivity index is 0.00000312. The average molecular weight is 362 g/mol. The zero-order chi connectivity index (χ0) is 17.4. The molecule has 5 nitrogen and oxygen atoms in total. The smallest absolute Gasteiger partial charge is 0.251 e. The van der Waals surface area contributed by atoms with Crippen molar-refractivity contribution >= 4 is 24.2 Å². The van der Waals surface area contributed by atoms with Gasteiger partial charge >= 0.3 is 0 Å². The Morgan fingerprint density at radius 3 is 2.48 bits per heavy atom. The summed E-state index contributed by atoms with van der Waals surface area (Å²) >= 11 is 0. The summed E-state index contributed by atoms with van der Waals surface area (Å²) in [6.07, 6.45) is 0.916. The highest BCUT2D eigenvalue weighted by Crippen LogP contribution is 2.13. The first-order chi connectivity index (χ1) is 11.6. The first-order valence-corrected chi connectivity index (χ1v) is 7.98. The summed E-state index contributed by atoms with van der Waals surface area (Å²) in [5, 5.41) is 5.47. The van der Waals surface area contributed by atoms with Crippen LogP contribution in [0, 0.1) is 0 Å². The van der Waals surface area contributed by atoms with Gasteiger partial charge in [-0.05, 0) is 29.7 Å². The molecule has 6 heteroatoms. The van der Waals surface area contributed by atoms with Gasteiger partial charge in [0.25, 0.3) is 5.91 Å². The predicted molar refractivity (Wildman–Crippen MR) is 102 cm³/mol. The summed E-state index contributed by atoms with van der Waals surface area (Å²) in [5.41, 5.74) is 8.61. The lowest BCUT2D eigenvalue weighted by Gasteiger charge is -2.12. The number of carbonyl (C=O) groups excluding carboxylic acids is 2. The Hall–Kier alpha value is -2.37. The maximum atomic E-state index is 12.0. The van der Waals surface area contributed by atoms with Crippen LogP contribution >= 0.6 is 12.4 Å². The Morgan fingerprint density at radius 2 is 1.80 bits per heavy atom. The zero-order valence-electron chi connectivity index (χ0n) is 14.2. The number of nitrogens with two attached hydrogens (primary N) is 1. The molecule has 2 amide bonds. The van der Waals surface area contributed by atoms with Crippen LogP contribution in [0.2, 0.25) is 0 Å². The normalized spacial score (nSPS) is 11.1. The van der Waals surface area contributed by atoms with Crippen molar-refractivity contribution in [3.8, 4) is 0 Å². The fraction of sp³-hybridized carbons (Fsp3) is 0.263. The maximum Gasteiger partial charge on any atom is 0.251 e. The molecule has 0 aliphatic carbocycles. The molecular weight excluding hydrogens is 338 g/mol. The first-order valence-electron chi connectivity index (χ1n) is 7.98. The molecule has 1 unspecified atom stereocenters. The number of nitrogens with one attached hydrogen (secondary N) is 2. The zero-order valence-corrected chi connectivity index (χ0v) is 15.0. The molecule has 0 radical (unpaired) electrons. The summed E-state index contributed by atoms with van der Waals surface area (Å²) in [7, 11) is 1.60. The van der Waals surface area contributed by atoms with Gasteiger partial charge in [-0.3, -0.25) is 9.59 Å². The van der Waals surface area contributed by atoms with E-state index in [2.05, 4.69) is 10.6 Å². The predicted octanol–water partition coefficient (Wildman–Crippen LogP) is 2.22. The largest absolute Gasteiger partial charge is 0.356 e. The van der Waals surface area contributed by atoms with Crippen molar-refractivity contribution in [1.29, 1.82) is 0 Å². The molecule has 0 aliphatic heterocycles. The topological polar surface area (TPSA) is 84.2 Å². The van der Waals surface area contributed by atoms with Crippen LogP contribution in [0.1, 0.15) is 33.9 Å². The van der Waals surface area contributed by atoms with Crippen molar-refractivity contribution in [3.63, 3.8) is 0 Å². The van der Waals surface area contributed by atoms with E-state index in [-0.39, 0.29) is 36.7 Å². The molecule has 0 aromatic heterocycles. The number of hydrogen-bond acceptors (Lipinski definition) is 3. The van der Waals surface area contributed by atoms with Gasteiger partial charge in [0.2, 0.25) is 5.91 Å². The van der Waals surface area contributed by atoms with Crippen LogP contribution in [-0.2, 0) is 11.2 Å². The van der Waals surface area contributed by atoms with Crippen molar-refractivity contribution < 1.29 is 9.59 Å². The van der Waals surface area contributed by atoms with Gasteiger partial charge in [0, 0.05) is 31.6 Å². The van der Waals surface area contributed by atoms with Gasteiger partial charge in [0.15, 0.2) is 0 Å².